The van der Waals surface area contributed by atoms with E-state index in [1.807, 2.05) is 32.9 Å². The second kappa shape index (κ2) is 6.44. The van der Waals surface area contributed by atoms with Crippen LogP contribution in [0.25, 0.3) is 0 Å². The van der Waals surface area contributed by atoms with Crippen molar-refractivity contribution >= 4 is 23.1 Å². The molecule has 106 valence electrons. The number of thioether (sulfide) groups is 1. The normalized spacial score (nSPS) is 11.8. The lowest BCUT2D eigenvalue weighted by Gasteiger charge is -2.19. The number of nitrogens with zero attached hydrogens (tertiary/aromatic N) is 2. The van der Waals surface area contributed by atoms with Gasteiger partial charge >= 0.3 is 0 Å². The molecule has 0 aliphatic heterocycles. The fraction of sp³-hybridized carbons (Fsp3) is 0.357. The standard InChI is InChI=1S/C14H17N3O2S/c1-14(2,3)10-5-6-11(12(9-10)17(18)19)16-13(20-4)7-8-15/h5-7,9,16H,1-4H3/b13-7+. The summed E-state index contributed by atoms with van der Waals surface area (Å²) in [6.07, 6.45) is 3.12. The van der Waals surface area contributed by atoms with E-state index in [0.717, 1.165) is 5.56 Å². The first kappa shape index (κ1) is 16.1. The molecule has 0 atom stereocenters. The summed E-state index contributed by atoms with van der Waals surface area (Å²) in [7, 11) is 0. The van der Waals surface area contributed by atoms with E-state index >= 15 is 0 Å². The summed E-state index contributed by atoms with van der Waals surface area (Å²) < 4.78 is 0. The zero-order chi connectivity index (χ0) is 15.3. The summed E-state index contributed by atoms with van der Waals surface area (Å²) in [5.41, 5.74) is 1.13. The van der Waals surface area contributed by atoms with Gasteiger partial charge in [-0.15, -0.1) is 11.8 Å². The van der Waals surface area contributed by atoms with E-state index in [-0.39, 0.29) is 11.1 Å². The number of hydrogen-bond donors (Lipinski definition) is 1. The number of nitriles is 1. The molecule has 1 rings (SSSR count). The Hall–Kier alpha value is -2.00. The third-order valence-electron chi connectivity index (χ3n) is 2.73. The van der Waals surface area contributed by atoms with Crippen LogP contribution in [-0.2, 0) is 5.41 Å². The fourth-order valence-electron chi connectivity index (χ4n) is 1.59. The van der Waals surface area contributed by atoms with Gasteiger partial charge < -0.3 is 5.32 Å². The zero-order valence-corrected chi connectivity index (χ0v) is 12.7. The number of nitrogens with one attached hydrogen (secondary N) is 1. The van der Waals surface area contributed by atoms with Crippen molar-refractivity contribution in [3.63, 3.8) is 0 Å². The summed E-state index contributed by atoms with van der Waals surface area (Å²) in [6.45, 7) is 6.01. The number of anilines is 1. The quantitative estimate of drug-likeness (QED) is 0.514. The maximum Gasteiger partial charge on any atom is 0.292 e. The van der Waals surface area contributed by atoms with Gasteiger partial charge in [-0.05, 0) is 23.3 Å². The minimum absolute atomic E-state index is 0.00955. The van der Waals surface area contributed by atoms with E-state index in [2.05, 4.69) is 5.32 Å². The van der Waals surface area contributed by atoms with Gasteiger partial charge in [-0.1, -0.05) is 26.8 Å². The molecular weight excluding hydrogens is 274 g/mol. The first-order valence-electron chi connectivity index (χ1n) is 5.99. The van der Waals surface area contributed by atoms with E-state index in [1.165, 1.54) is 17.8 Å². The Morgan fingerprint density at radius 1 is 1.50 bits per heavy atom. The topological polar surface area (TPSA) is 79.0 Å². The molecule has 0 spiro atoms. The lowest BCUT2D eigenvalue weighted by Crippen LogP contribution is -2.12. The minimum Gasteiger partial charge on any atom is -0.344 e. The van der Waals surface area contributed by atoms with E-state index in [0.29, 0.717) is 10.7 Å². The van der Waals surface area contributed by atoms with Crippen LogP contribution in [0.15, 0.2) is 29.3 Å². The Kier molecular flexibility index (Phi) is 5.17. The van der Waals surface area contributed by atoms with E-state index in [9.17, 15) is 10.1 Å². The molecule has 5 nitrogen and oxygen atoms in total. The van der Waals surface area contributed by atoms with Crippen molar-refractivity contribution in [2.24, 2.45) is 0 Å². The monoisotopic (exact) mass is 291 g/mol. The van der Waals surface area contributed by atoms with Crippen molar-refractivity contribution in [2.45, 2.75) is 26.2 Å². The highest BCUT2D eigenvalue weighted by molar-refractivity contribution is 8.02. The predicted molar refractivity (Wildman–Crippen MR) is 82.6 cm³/mol. The molecule has 0 aliphatic carbocycles. The molecule has 0 unspecified atom stereocenters. The van der Waals surface area contributed by atoms with Crippen LogP contribution in [0.3, 0.4) is 0 Å². The highest BCUT2D eigenvalue weighted by atomic mass is 32.2. The Balaban J connectivity index is 3.25. The third kappa shape index (κ3) is 4.00. The molecule has 1 N–H and O–H groups in total. The van der Waals surface area contributed by atoms with Crippen molar-refractivity contribution in [2.75, 3.05) is 11.6 Å². The van der Waals surface area contributed by atoms with Crippen LogP contribution in [0, 0.1) is 21.4 Å². The lowest BCUT2D eigenvalue weighted by atomic mass is 9.86. The zero-order valence-electron chi connectivity index (χ0n) is 11.9. The van der Waals surface area contributed by atoms with E-state index < -0.39 is 4.92 Å². The number of rotatable bonds is 4. The first-order chi connectivity index (χ1) is 9.29. The Labute approximate surface area is 122 Å². The highest BCUT2D eigenvalue weighted by Crippen LogP contribution is 2.33. The Morgan fingerprint density at radius 2 is 2.15 bits per heavy atom. The molecule has 0 aromatic heterocycles. The van der Waals surface area contributed by atoms with Crippen molar-refractivity contribution < 1.29 is 4.92 Å². The van der Waals surface area contributed by atoms with Crippen LogP contribution in [0.4, 0.5) is 11.4 Å². The first-order valence-corrected chi connectivity index (χ1v) is 7.21. The molecule has 0 aliphatic rings. The molecule has 1 aromatic carbocycles. The van der Waals surface area contributed by atoms with Crippen LogP contribution in [0.2, 0.25) is 0 Å². The van der Waals surface area contributed by atoms with Crippen LogP contribution < -0.4 is 5.32 Å². The van der Waals surface area contributed by atoms with Crippen molar-refractivity contribution in [1.82, 2.24) is 0 Å². The number of hydrogen-bond acceptors (Lipinski definition) is 5. The van der Waals surface area contributed by atoms with Gasteiger partial charge in [0.2, 0.25) is 0 Å². The summed E-state index contributed by atoms with van der Waals surface area (Å²) in [4.78, 5) is 10.8. The Bertz CT molecular complexity index is 583. The molecular formula is C14H17N3O2S. The van der Waals surface area contributed by atoms with Crippen molar-refractivity contribution in [1.29, 1.82) is 5.26 Å². The van der Waals surface area contributed by atoms with E-state index in [1.54, 1.807) is 18.4 Å². The van der Waals surface area contributed by atoms with Crippen LogP contribution >= 0.6 is 11.8 Å². The maximum atomic E-state index is 11.2. The van der Waals surface area contributed by atoms with Gasteiger partial charge in [-0.25, -0.2) is 0 Å². The number of nitro benzene ring substituents is 1. The minimum atomic E-state index is -0.415. The van der Waals surface area contributed by atoms with Crippen LogP contribution in [0.1, 0.15) is 26.3 Å². The molecule has 0 saturated carbocycles. The molecule has 0 radical (unpaired) electrons. The summed E-state index contributed by atoms with van der Waals surface area (Å²) in [5.74, 6) is 0. The van der Waals surface area contributed by atoms with Crippen LogP contribution in [0.5, 0.6) is 0 Å². The predicted octanol–water partition coefficient (Wildman–Crippen LogP) is 4.03. The third-order valence-corrected chi connectivity index (χ3v) is 3.39. The second-order valence-electron chi connectivity index (χ2n) is 5.21. The average molecular weight is 291 g/mol. The SMILES string of the molecule is CS/C(=C/C#N)Nc1ccc(C(C)(C)C)cc1[N+](=O)[O-]. The van der Waals surface area contributed by atoms with Gasteiger partial charge in [0.15, 0.2) is 0 Å². The number of nitro groups is 1. The van der Waals surface area contributed by atoms with Gasteiger partial charge in [-0.2, -0.15) is 5.26 Å². The summed E-state index contributed by atoms with van der Waals surface area (Å²) in [5, 5.41) is 23.4. The summed E-state index contributed by atoms with van der Waals surface area (Å²) in [6, 6.07) is 7.03. The van der Waals surface area contributed by atoms with Gasteiger partial charge in [0.05, 0.1) is 16.0 Å². The molecule has 20 heavy (non-hydrogen) atoms. The number of benzene rings is 1. The molecule has 1 aromatic rings. The van der Waals surface area contributed by atoms with Crippen molar-refractivity contribution in [3.8, 4) is 6.07 Å². The van der Waals surface area contributed by atoms with Gasteiger partial charge in [0, 0.05) is 12.1 Å². The molecule has 0 fully saturated rings. The largest absolute Gasteiger partial charge is 0.344 e. The maximum absolute atomic E-state index is 11.2. The molecule has 0 amide bonds. The Morgan fingerprint density at radius 3 is 2.60 bits per heavy atom. The van der Waals surface area contributed by atoms with Crippen LogP contribution in [-0.4, -0.2) is 11.2 Å². The summed E-state index contributed by atoms with van der Waals surface area (Å²) >= 11 is 1.32. The van der Waals surface area contributed by atoms with E-state index in [4.69, 9.17) is 5.26 Å². The average Bonchev–Trinajstić information content (AvgIpc) is 2.36. The lowest BCUT2D eigenvalue weighted by molar-refractivity contribution is -0.384. The molecule has 6 heteroatoms. The number of allylic oxidation sites excluding steroid dienone is 1. The highest BCUT2D eigenvalue weighted by Gasteiger charge is 2.21. The van der Waals surface area contributed by atoms with Crippen molar-refractivity contribution in [3.05, 3.63) is 45.0 Å². The van der Waals surface area contributed by atoms with Gasteiger partial charge in [0.1, 0.15) is 5.69 Å². The molecule has 0 heterocycles. The van der Waals surface area contributed by atoms with Gasteiger partial charge in [-0.3, -0.25) is 10.1 Å². The molecule has 0 bridgehead atoms. The second-order valence-corrected chi connectivity index (χ2v) is 6.05. The fourth-order valence-corrected chi connectivity index (χ4v) is 1.97. The van der Waals surface area contributed by atoms with Gasteiger partial charge in [0.25, 0.3) is 5.69 Å². The smallest absolute Gasteiger partial charge is 0.292 e. The molecule has 0 saturated heterocycles.